The molecule has 0 N–H and O–H groups in total. The fraction of sp³-hybridized carbons (Fsp3) is 0.0600. The van der Waals surface area contributed by atoms with Gasteiger partial charge in [-0.2, -0.15) is 0 Å². The van der Waals surface area contributed by atoms with Gasteiger partial charge >= 0.3 is 23.0 Å². The molecule has 0 bridgehead atoms. The zero-order valence-electron chi connectivity index (χ0n) is 30.6. The molecular weight excluding hydrogens is 750 g/mol. The first-order valence-electron chi connectivity index (χ1n) is 18.3. The fourth-order valence-corrected chi connectivity index (χ4v) is 11.6. The maximum Gasteiger partial charge on any atom is 2.00 e. The average Bonchev–Trinajstić information content (AvgIpc) is 3.95. The van der Waals surface area contributed by atoms with Crippen LogP contribution in [0.4, 0.5) is 0 Å². The summed E-state index contributed by atoms with van der Waals surface area (Å²) < 4.78 is 6.20. The van der Waals surface area contributed by atoms with Crippen molar-refractivity contribution in [1.82, 2.24) is 0 Å². The Morgan fingerprint density at radius 2 is 0.818 bits per heavy atom. The number of ether oxygens (including phenoxy) is 1. The van der Waals surface area contributed by atoms with E-state index in [0.717, 1.165) is 17.0 Å². The molecule has 0 saturated heterocycles. The molecule has 1 atom stereocenters. The van der Waals surface area contributed by atoms with E-state index in [0.29, 0.717) is 0 Å². The standard InChI is InChI=1S/C33H28O2P.C17H14P.Fe/c1-25(35-33(34)32(26-15-6-2-7-16-26)27-17-8-3-9-18-27)30-23-14-24-31(30)36(28-19-10-4-11-20-28)29-21-12-5-13-22-29;1-3-9-15(10-4-1)18(17-13-7-8-14-17)16-11-5-2-6-12-16;/h2-25,32H,1H3;1-14H;/q;;+2/t25-;;/m0../s1. The van der Waals surface area contributed by atoms with Crippen molar-refractivity contribution in [3.8, 4) is 0 Å². The van der Waals surface area contributed by atoms with Crippen molar-refractivity contribution < 1.29 is 26.6 Å². The van der Waals surface area contributed by atoms with E-state index in [1.54, 1.807) is 0 Å². The summed E-state index contributed by atoms with van der Waals surface area (Å²) >= 11 is 0. The van der Waals surface area contributed by atoms with Gasteiger partial charge in [-0.15, -0.1) is 0 Å². The van der Waals surface area contributed by atoms with E-state index in [-0.39, 0.29) is 29.1 Å². The predicted molar refractivity (Wildman–Crippen MR) is 228 cm³/mol. The van der Waals surface area contributed by atoms with Gasteiger partial charge in [0, 0.05) is 17.2 Å². The number of carbonyl (C=O) groups is 1. The molecule has 2 saturated carbocycles. The molecule has 10 radical (unpaired) electrons. The molecule has 6 aromatic rings. The summed E-state index contributed by atoms with van der Waals surface area (Å²) in [6.45, 7) is 1.98. The number of rotatable bonds is 11. The molecule has 2 nitrogen and oxygen atoms in total. The number of esters is 1. The second-order valence-electron chi connectivity index (χ2n) is 12.9. The Labute approximate surface area is 342 Å². The predicted octanol–water partition coefficient (Wildman–Crippen LogP) is 10.1. The van der Waals surface area contributed by atoms with E-state index in [2.05, 4.69) is 154 Å². The van der Waals surface area contributed by atoms with Crippen molar-refractivity contribution in [1.29, 1.82) is 0 Å². The second-order valence-corrected chi connectivity index (χ2v) is 17.3. The Bertz CT molecular complexity index is 1860. The topological polar surface area (TPSA) is 26.3 Å². The Kier molecular flexibility index (Phi) is 15.5. The van der Waals surface area contributed by atoms with E-state index in [1.807, 2.05) is 79.7 Å². The molecular formula is C50H42FeO2P2+2. The van der Waals surface area contributed by atoms with Crippen LogP contribution >= 0.6 is 15.8 Å². The van der Waals surface area contributed by atoms with Crippen molar-refractivity contribution in [3.63, 3.8) is 0 Å². The van der Waals surface area contributed by atoms with Crippen LogP contribution in [-0.2, 0) is 26.6 Å². The minimum Gasteiger partial charge on any atom is -0.461 e. The molecule has 0 aromatic heterocycles. The third-order valence-electron chi connectivity index (χ3n) is 9.26. The average molecular weight is 793 g/mol. The summed E-state index contributed by atoms with van der Waals surface area (Å²) in [5, 5.41) is 5.36. The normalized spacial score (nSPS) is 15.3. The van der Waals surface area contributed by atoms with Crippen LogP contribution in [0.2, 0.25) is 0 Å². The quantitative estimate of drug-likeness (QED) is 0.0742. The number of hydrogen-bond acceptors (Lipinski definition) is 2. The summed E-state index contributed by atoms with van der Waals surface area (Å²) in [4.78, 5) is 13.7. The molecule has 6 aromatic carbocycles. The van der Waals surface area contributed by atoms with Crippen molar-refractivity contribution in [2.75, 3.05) is 0 Å². The molecule has 0 amide bonds. The van der Waals surface area contributed by atoms with Crippen LogP contribution in [0.5, 0.6) is 0 Å². The molecule has 270 valence electrons. The minimum atomic E-state index is -0.781. The van der Waals surface area contributed by atoms with E-state index < -0.39 is 21.8 Å². The third-order valence-corrected chi connectivity index (χ3v) is 14.2. The third kappa shape index (κ3) is 10.5. The molecule has 2 fully saturated rings. The van der Waals surface area contributed by atoms with Crippen molar-refractivity contribution >= 4 is 43.0 Å². The van der Waals surface area contributed by atoms with Crippen LogP contribution in [0.25, 0.3) is 0 Å². The number of carbonyl (C=O) groups excluding carboxylic acids is 1. The maximum atomic E-state index is 13.7. The Morgan fingerprint density at radius 3 is 1.22 bits per heavy atom. The van der Waals surface area contributed by atoms with Gasteiger partial charge in [-0.3, -0.25) is 4.79 Å². The Morgan fingerprint density at radius 1 is 0.455 bits per heavy atom. The molecule has 0 unspecified atom stereocenters. The largest absolute Gasteiger partial charge is 2.00 e. The van der Waals surface area contributed by atoms with E-state index in [1.165, 1.54) is 32.5 Å². The van der Waals surface area contributed by atoms with Crippen LogP contribution < -0.4 is 21.2 Å². The second kappa shape index (κ2) is 20.9. The van der Waals surface area contributed by atoms with Crippen LogP contribution in [0.15, 0.2) is 182 Å². The minimum absolute atomic E-state index is 0. The first kappa shape index (κ1) is 40.8. The summed E-state index contributed by atoms with van der Waals surface area (Å²) in [5.41, 5.74) is 4.50. The van der Waals surface area contributed by atoms with Crippen molar-refractivity contribution in [2.24, 2.45) is 0 Å². The first-order chi connectivity index (χ1) is 26.7. The van der Waals surface area contributed by atoms with Gasteiger partial charge in [-0.1, -0.05) is 182 Å². The van der Waals surface area contributed by atoms with Gasteiger partial charge in [0.1, 0.15) is 12.0 Å². The van der Waals surface area contributed by atoms with Gasteiger partial charge in [-0.05, 0) is 100 Å². The Hall–Kier alpha value is -3.83. The zero-order chi connectivity index (χ0) is 37.0. The van der Waals surface area contributed by atoms with E-state index in [4.69, 9.17) is 4.74 Å². The van der Waals surface area contributed by atoms with Crippen molar-refractivity contribution in [3.05, 3.63) is 255 Å². The maximum absolute atomic E-state index is 13.7. The number of benzene rings is 6. The van der Waals surface area contributed by atoms with Gasteiger partial charge in [0.15, 0.2) is 0 Å². The molecule has 2 aliphatic rings. The van der Waals surface area contributed by atoms with E-state index in [9.17, 15) is 4.79 Å². The van der Waals surface area contributed by atoms with Gasteiger partial charge in [-0.25, -0.2) is 0 Å². The molecule has 55 heavy (non-hydrogen) atoms. The monoisotopic (exact) mass is 792 g/mol. The summed E-state index contributed by atoms with van der Waals surface area (Å²) in [5.74, 6) is 0.343. The molecule has 0 heterocycles. The Balaban J connectivity index is 0.000000227. The van der Waals surface area contributed by atoms with E-state index >= 15 is 0 Å². The molecule has 0 aliphatic heterocycles. The van der Waals surface area contributed by atoms with Crippen LogP contribution in [-0.4, -0.2) is 12.1 Å². The molecule has 5 heteroatoms. The fourth-order valence-electron chi connectivity index (χ4n) is 6.73. The molecule has 2 aliphatic carbocycles. The summed E-state index contributed by atoms with van der Waals surface area (Å²) in [6.07, 6.45) is 14.7. The molecule has 8 rings (SSSR count). The number of hydrogen-bond donors (Lipinski definition) is 0. The van der Waals surface area contributed by atoms with Gasteiger partial charge in [0.05, 0.1) is 0 Å². The van der Waals surface area contributed by atoms with Gasteiger partial charge < -0.3 is 4.74 Å². The summed E-state index contributed by atoms with van der Waals surface area (Å²) in [7, 11) is -1.19. The SMILES string of the molecule is C[C@H](OC(=O)C(c1ccccc1)c1ccccc1)[C]1[CH][CH][CH][C]1P(c1ccccc1)c1ccccc1.[CH]1[CH][CH][C](P(c2ccccc2)c2ccccc2)[CH]1.[Fe+2]. The van der Waals surface area contributed by atoms with Crippen LogP contribution in [0, 0.1) is 62.2 Å². The van der Waals surface area contributed by atoms with Crippen molar-refractivity contribution in [2.45, 2.75) is 18.9 Å². The summed E-state index contributed by atoms with van der Waals surface area (Å²) in [6, 6.07) is 62.5. The van der Waals surface area contributed by atoms with Crippen LogP contribution in [0.3, 0.4) is 0 Å². The van der Waals surface area contributed by atoms with Gasteiger partial charge in [0.25, 0.3) is 0 Å². The molecule has 0 spiro atoms. The first-order valence-corrected chi connectivity index (χ1v) is 20.9. The zero-order valence-corrected chi connectivity index (χ0v) is 33.5. The smallest absolute Gasteiger partial charge is 0.461 e. The van der Waals surface area contributed by atoms with Crippen LogP contribution in [0.1, 0.15) is 24.0 Å². The van der Waals surface area contributed by atoms with Gasteiger partial charge in [0.2, 0.25) is 0 Å².